The van der Waals surface area contributed by atoms with Crippen molar-refractivity contribution in [3.63, 3.8) is 0 Å². The quantitative estimate of drug-likeness (QED) is 0.731. The van der Waals surface area contributed by atoms with E-state index < -0.39 is 5.60 Å². The van der Waals surface area contributed by atoms with Crippen LogP contribution in [0.25, 0.3) is 0 Å². The van der Waals surface area contributed by atoms with Crippen molar-refractivity contribution in [3.05, 3.63) is 0 Å². The first kappa shape index (κ1) is 12.9. The first-order valence-electron chi connectivity index (χ1n) is 5.98. The molecule has 0 aromatic carbocycles. The molecule has 1 atom stereocenters. The van der Waals surface area contributed by atoms with Gasteiger partial charge in [0.15, 0.2) is 0 Å². The Morgan fingerprint density at radius 3 is 2.53 bits per heavy atom. The van der Waals surface area contributed by atoms with Gasteiger partial charge in [-0.15, -0.1) is 0 Å². The highest BCUT2D eigenvalue weighted by Gasteiger charge is 2.27. The zero-order chi connectivity index (χ0) is 11.4. The van der Waals surface area contributed by atoms with E-state index in [1.54, 1.807) is 0 Å². The average Bonchev–Trinajstić information content (AvgIpc) is 2.18. The van der Waals surface area contributed by atoms with E-state index >= 15 is 0 Å². The van der Waals surface area contributed by atoms with Crippen LogP contribution >= 0.6 is 0 Å². The highest BCUT2D eigenvalue weighted by Crippen LogP contribution is 2.28. The number of rotatable bonds is 5. The Morgan fingerprint density at radius 1 is 1.40 bits per heavy atom. The monoisotopic (exact) mass is 215 g/mol. The van der Waals surface area contributed by atoms with E-state index in [1.807, 2.05) is 13.8 Å². The van der Waals surface area contributed by atoms with Crippen LogP contribution in [0.2, 0.25) is 0 Å². The summed E-state index contributed by atoms with van der Waals surface area (Å²) in [5.74, 6) is 0. The molecule has 1 saturated heterocycles. The molecule has 2 N–H and O–H groups in total. The van der Waals surface area contributed by atoms with Crippen molar-refractivity contribution >= 4 is 0 Å². The molecule has 0 aromatic heterocycles. The summed E-state index contributed by atoms with van der Waals surface area (Å²) in [6.07, 6.45) is 3.03. The van der Waals surface area contributed by atoms with Gasteiger partial charge in [0.05, 0.1) is 5.60 Å². The summed E-state index contributed by atoms with van der Waals surface area (Å²) in [6, 6.07) is 0. The summed E-state index contributed by atoms with van der Waals surface area (Å²) in [7, 11) is 0. The molecule has 0 saturated carbocycles. The standard InChI is InChI=1S/C12H25NO2/c1-4-12(3,14)10-13-9-11(2)5-7-15-8-6-11/h13-14H,4-10H2,1-3H3. The Balaban J connectivity index is 2.24. The molecular formula is C12H25NO2. The van der Waals surface area contributed by atoms with Gasteiger partial charge in [-0.1, -0.05) is 13.8 Å². The van der Waals surface area contributed by atoms with Crippen LogP contribution in [-0.4, -0.2) is 37.0 Å². The van der Waals surface area contributed by atoms with Gasteiger partial charge in [0.25, 0.3) is 0 Å². The molecule has 15 heavy (non-hydrogen) atoms. The largest absolute Gasteiger partial charge is 0.389 e. The number of hydrogen-bond acceptors (Lipinski definition) is 3. The summed E-state index contributed by atoms with van der Waals surface area (Å²) < 4.78 is 5.36. The maximum atomic E-state index is 9.85. The topological polar surface area (TPSA) is 41.5 Å². The second kappa shape index (κ2) is 5.28. The predicted molar refractivity (Wildman–Crippen MR) is 61.9 cm³/mol. The molecule has 1 unspecified atom stereocenters. The Bertz CT molecular complexity index is 186. The molecule has 0 spiro atoms. The second-order valence-electron chi connectivity index (χ2n) is 5.38. The van der Waals surface area contributed by atoms with E-state index in [2.05, 4.69) is 12.2 Å². The smallest absolute Gasteiger partial charge is 0.0740 e. The fraction of sp³-hybridized carbons (Fsp3) is 1.00. The van der Waals surface area contributed by atoms with Gasteiger partial charge in [0, 0.05) is 26.3 Å². The zero-order valence-corrected chi connectivity index (χ0v) is 10.3. The van der Waals surface area contributed by atoms with Crippen molar-refractivity contribution in [2.75, 3.05) is 26.3 Å². The maximum Gasteiger partial charge on any atom is 0.0740 e. The molecule has 1 aliphatic rings. The third-order valence-corrected chi connectivity index (χ3v) is 3.52. The van der Waals surface area contributed by atoms with E-state index in [0.717, 1.165) is 39.0 Å². The molecule has 1 heterocycles. The van der Waals surface area contributed by atoms with Crippen molar-refractivity contribution in [1.29, 1.82) is 0 Å². The van der Waals surface area contributed by atoms with E-state index in [0.29, 0.717) is 12.0 Å². The van der Waals surface area contributed by atoms with E-state index in [1.165, 1.54) is 0 Å². The van der Waals surface area contributed by atoms with Crippen LogP contribution < -0.4 is 5.32 Å². The minimum atomic E-state index is -0.568. The third-order valence-electron chi connectivity index (χ3n) is 3.52. The second-order valence-corrected chi connectivity index (χ2v) is 5.38. The van der Waals surface area contributed by atoms with Gasteiger partial charge in [-0.05, 0) is 31.6 Å². The van der Waals surface area contributed by atoms with Crippen LogP contribution in [0.15, 0.2) is 0 Å². The van der Waals surface area contributed by atoms with Gasteiger partial charge in [0.1, 0.15) is 0 Å². The predicted octanol–water partition coefficient (Wildman–Crippen LogP) is 1.55. The maximum absolute atomic E-state index is 9.85. The van der Waals surface area contributed by atoms with Crippen molar-refractivity contribution in [2.45, 2.75) is 45.6 Å². The Hall–Kier alpha value is -0.120. The van der Waals surface area contributed by atoms with Crippen molar-refractivity contribution in [1.82, 2.24) is 5.32 Å². The van der Waals surface area contributed by atoms with Gasteiger partial charge in [-0.2, -0.15) is 0 Å². The Labute approximate surface area is 93.2 Å². The lowest BCUT2D eigenvalue weighted by atomic mass is 9.82. The van der Waals surface area contributed by atoms with Crippen molar-refractivity contribution < 1.29 is 9.84 Å². The highest BCUT2D eigenvalue weighted by atomic mass is 16.5. The number of aliphatic hydroxyl groups is 1. The summed E-state index contributed by atoms with van der Waals surface area (Å²) in [5, 5.41) is 13.2. The van der Waals surface area contributed by atoms with Crippen LogP contribution in [0.1, 0.15) is 40.0 Å². The number of ether oxygens (including phenoxy) is 1. The lowest BCUT2D eigenvalue weighted by molar-refractivity contribution is 0.0163. The molecule has 0 aromatic rings. The molecule has 1 aliphatic heterocycles. The van der Waals surface area contributed by atoms with Crippen LogP contribution in [0.5, 0.6) is 0 Å². The lowest BCUT2D eigenvalue weighted by Gasteiger charge is -2.34. The normalized spacial score (nSPS) is 24.8. The molecule has 1 fully saturated rings. The van der Waals surface area contributed by atoms with Gasteiger partial charge in [-0.25, -0.2) is 0 Å². The highest BCUT2D eigenvalue weighted by molar-refractivity contribution is 4.81. The zero-order valence-electron chi connectivity index (χ0n) is 10.3. The summed E-state index contributed by atoms with van der Waals surface area (Å²) in [4.78, 5) is 0. The van der Waals surface area contributed by atoms with Crippen LogP contribution in [0, 0.1) is 5.41 Å². The SMILES string of the molecule is CCC(C)(O)CNCC1(C)CCOCC1. The summed E-state index contributed by atoms with van der Waals surface area (Å²) in [5.41, 5.74) is -0.219. The van der Waals surface area contributed by atoms with E-state index in [4.69, 9.17) is 4.74 Å². The van der Waals surface area contributed by atoms with Crippen molar-refractivity contribution in [2.24, 2.45) is 5.41 Å². The van der Waals surface area contributed by atoms with E-state index in [-0.39, 0.29) is 0 Å². The molecule has 0 radical (unpaired) electrons. The van der Waals surface area contributed by atoms with Crippen LogP contribution in [-0.2, 0) is 4.74 Å². The van der Waals surface area contributed by atoms with Crippen LogP contribution in [0.3, 0.4) is 0 Å². The lowest BCUT2D eigenvalue weighted by Crippen LogP contribution is -2.43. The molecule has 1 rings (SSSR count). The first-order chi connectivity index (χ1) is 6.97. The summed E-state index contributed by atoms with van der Waals surface area (Å²) in [6.45, 7) is 9.60. The third kappa shape index (κ3) is 4.49. The fourth-order valence-electron chi connectivity index (χ4n) is 1.80. The number of nitrogens with one attached hydrogen (secondary N) is 1. The Kier molecular flexibility index (Phi) is 4.56. The van der Waals surface area contributed by atoms with Crippen molar-refractivity contribution in [3.8, 4) is 0 Å². The van der Waals surface area contributed by atoms with Gasteiger partial charge in [0.2, 0.25) is 0 Å². The Morgan fingerprint density at radius 2 is 2.00 bits per heavy atom. The van der Waals surface area contributed by atoms with Gasteiger partial charge >= 0.3 is 0 Å². The molecule has 0 bridgehead atoms. The average molecular weight is 215 g/mol. The molecule has 3 nitrogen and oxygen atoms in total. The minimum absolute atomic E-state index is 0.349. The summed E-state index contributed by atoms with van der Waals surface area (Å²) >= 11 is 0. The molecule has 3 heteroatoms. The molecular weight excluding hydrogens is 190 g/mol. The van der Waals surface area contributed by atoms with E-state index in [9.17, 15) is 5.11 Å². The van der Waals surface area contributed by atoms with Gasteiger partial charge in [-0.3, -0.25) is 0 Å². The van der Waals surface area contributed by atoms with Crippen LogP contribution in [0.4, 0.5) is 0 Å². The van der Waals surface area contributed by atoms with Gasteiger partial charge < -0.3 is 15.2 Å². The molecule has 0 amide bonds. The first-order valence-corrected chi connectivity index (χ1v) is 5.98. The molecule has 0 aliphatic carbocycles. The molecule has 90 valence electrons. The fourth-order valence-corrected chi connectivity index (χ4v) is 1.80. The number of hydrogen-bond donors (Lipinski definition) is 2. The minimum Gasteiger partial charge on any atom is -0.389 e.